The van der Waals surface area contributed by atoms with Gasteiger partial charge in [-0.05, 0) is 12.8 Å². The lowest BCUT2D eigenvalue weighted by Crippen LogP contribution is -2.11. The van der Waals surface area contributed by atoms with Crippen molar-refractivity contribution in [1.82, 2.24) is 0 Å². The van der Waals surface area contributed by atoms with Crippen LogP contribution in [0.1, 0.15) is 25.7 Å². The Kier molecular flexibility index (Phi) is 6.09. The van der Waals surface area contributed by atoms with Gasteiger partial charge in [-0.3, -0.25) is 9.59 Å². The molecule has 0 unspecified atom stereocenters. The van der Waals surface area contributed by atoms with E-state index >= 15 is 0 Å². The van der Waals surface area contributed by atoms with Crippen molar-refractivity contribution < 1.29 is 29.0 Å². The van der Waals surface area contributed by atoms with Crippen LogP contribution in [0.15, 0.2) is 0 Å². The van der Waals surface area contributed by atoms with Gasteiger partial charge in [0.25, 0.3) is 0 Å². The van der Waals surface area contributed by atoms with Gasteiger partial charge in [-0.15, -0.1) is 0 Å². The van der Waals surface area contributed by atoms with Gasteiger partial charge in [0.2, 0.25) is 0 Å². The number of rotatable bonds is 5. The van der Waals surface area contributed by atoms with E-state index < -0.39 is 18.1 Å². The number of hydrogen-bond donors (Lipinski definition) is 1. The average Bonchev–Trinajstić information content (AvgIpc) is 2.12. The summed E-state index contributed by atoms with van der Waals surface area (Å²) >= 11 is 0. The van der Waals surface area contributed by atoms with Crippen LogP contribution in [0.25, 0.3) is 0 Å². The van der Waals surface area contributed by atoms with E-state index in [1.807, 2.05) is 0 Å². The maximum atomic E-state index is 10.8. The second-order valence-corrected chi connectivity index (χ2v) is 2.53. The minimum atomic E-state index is -1.05. The van der Waals surface area contributed by atoms with Gasteiger partial charge in [0.1, 0.15) is 0 Å². The molecule has 0 atom stereocenters. The lowest BCUT2D eigenvalue weighted by Gasteiger charge is -2.00. The first-order valence-electron chi connectivity index (χ1n) is 4.06. The third-order valence-corrected chi connectivity index (χ3v) is 1.39. The van der Waals surface area contributed by atoms with Crippen LogP contribution in [0.4, 0.5) is 4.79 Å². The number of methoxy groups -OCH3 is 1. The van der Waals surface area contributed by atoms with Crippen LogP contribution in [0.2, 0.25) is 0 Å². The predicted octanol–water partition coefficient (Wildman–Crippen LogP) is 0.941. The Balaban J connectivity index is 3.45. The molecule has 6 heteroatoms. The number of carbonyl (C=O) groups is 3. The third-order valence-electron chi connectivity index (χ3n) is 1.39. The molecule has 0 saturated carbocycles. The van der Waals surface area contributed by atoms with Crippen molar-refractivity contribution in [2.45, 2.75) is 25.7 Å². The molecule has 0 amide bonds. The second kappa shape index (κ2) is 6.88. The third kappa shape index (κ3) is 7.08. The minimum absolute atomic E-state index is 0.00546. The zero-order valence-corrected chi connectivity index (χ0v) is 7.82. The molecule has 0 fully saturated rings. The Bertz CT molecular complexity index is 222. The molecule has 0 radical (unpaired) electrons. The van der Waals surface area contributed by atoms with Crippen molar-refractivity contribution in [2.75, 3.05) is 7.11 Å². The topological polar surface area (TPSA) is 89.9 Å². The number of esters is 1. The van der Waals surface area contributed by atoms with E-state index in [9.17, 15) is 14.4 Å². The summed E-state index contributed by atoms with van der Waals surface area (Å²) in [5, 5.41) is 8.27. The molecule has 0 aromatic heterocycles. The molecule has 0 aliphatic heterocycles. The number of carbonyl (C=O) groups excluding carboxylic acids is 2. The molecule has 0 aromatic rings. The number of carboxylic acids is 1. The van der Waals surface area contributed by atoms with Crippen LogP contribution in [0.5, 0.6) is 0 Å². The van der Waals surface area contributed by atoms with E-state index in [-0.39, 0.29) is 12.8 Å². The van der Waals surface area contributed by atoms with Crippen molar-refractivity contribution in [2.24, 2.45) is 0 Å². The van der Waals surface area contributed by atoms with Crippen molar-refractivity contribution >= 4 is 18.1 Å². The summed E-state index contributed by atoms with van der Waals surface area (Å²) in [4.78, 5) is 31.3. The highest BCUT2D eigenvalue weighted by atomic mass is 16.7. The van der Waals surface area contributed by atoms with Gasteiger partial charge in [0.05, 0.1) is 7.11 Å². The average molecular weight is 204 g/mol. The van der Waals surface area contributed by atoms with Crippen molar-refractivity contribution in [3.63, 3.8) is 0 Å². The number of carboxylic acid groups (broad SMARTS) is 1. The minimum Gasteiger partial charge on any atom is -0.481 e. The van der Waals surface area contributed by atoms with E-state index in [4.69, 9.17) is 5.11 Å². The lowest BCUT2D eigenvalue weighted by molar-refractivity contribution is -0.140. The molecule has 0 saturated heterocycles. The van der Waals surface area contributed by atoms with E-state index in [2.05, 4.69) is 9.47 Å². The van der Waals surface area contributed by atoms with Crippen molar-refractivity contribution in [3.05, 3.63) is 0 Å². The highest BCUT2D eigenvalue weighted by molar-refractivity contribution is 5.81. The highest BCUT2D eigenvalue weighted by Crippen LogP contribution is 2.01. The highest BCUT2D eigenvalue weighted by Gasteiger charge is 2.09. The molecule has 0 rings (SSSR count). The Labute approximate surface area is 80.8 Å². The maximum Gasteiger partial charge on any atom is 0.515 e. The van der Waals surface area contributed by atoms with Gasteiger partial charge in [0.15, 0.2) is 0 Å². The van der Waals surface area contributed by atoms with Gasteiger partial charge in [-0.2, -0.15) is 0 Å². The Morgan fingerprint density at radius 2 is 1.71 bits per heavy atom. The molecule has 14 heavy (non-hydrogen) atoms. The fourth-order valence-corrected chi connectivity index (χ4v) is 0.731. The molecule has 80 valence electrons. The van der Waals surface area contributed by atoms with E-state index in [0.29, 0.717) is 12.8 Å². The molecule has 0 aliphatic rings. The fraction of sp³-hybridized carbons (Fsp3) is 0.625. The fourth-order valence-electron chi connectivity index (χ4n) is 0.731. The van der Waals surface area contributed by atoms with E-state index in [1.165, 1.54) is 0 Å². The number of ether oxygens (including phenoxy) is 2. The van der Waals surface area contributed by atoms with E-state index in [1.54, 1.807) is 0 Å². The molecule has 6 nitrogen and oxygen atoms in total. The molecule has 1 N–H and O–H groups in total. The molecular formula is C8H12O6. The Morgan fingerprint density at radius 3 is 2.21 bits per heavy atom. The van der Waals surface area contributed by atoms with Gasteiger partial charge in [-0.1, -0.05) is 0 Å². The summed E-state index contributed by atoms with van der Waals surface area (Å²) in [6.45, 7) is 0. The molecule has 0 spiro atoms. The van der Waals surface area contributed by atoms with E-state index in [0.717, 1.165) is 7.11 Å². The van der Waals surface area contributed by atoms with Gasteiger partial charge < -0.3 is 14.6 Å². The first-order valence-corrected chi connectivity index (χ1v) is 4.06. The zero-order chi connectivity index (χ0) is 11.0. The summed E-state index contributed by atoms with van der Waals surface area (Å²) in [5.74, 6) is -1.62. The predicted molar refractivity (Wildman–Crippen MR) is 44.6 cm³/mol. The standard InChI is InChI=1S/C8H12O6/c1-13-8(12)14-7(11)5-3-2-4-6(9)10/h2-5H2,1H3,(H,9,10). The van der Waals surface area contributed by atoms with Crippen LogP contribution in [-0.2, 0) is 19.1 Å². The first kappa shape index (κ1) is 12.4. The SMILES string of the molecule is COC(=O)OC(=O)CCCCC(=O)O. The van der Waals surface area contributed by atoms with Crippen molar-refractivity contribution in [3.8, 4) is 0 Å². The first-order chi connectivity index (χ1) is 6.56. The molecular weight excluding hydrogens is 192 g/mol. The largest absolute Gasteiger partial charge is 0.515 e. The van der Waals surface area contributed by atoms with Gasteiger partial charge in [0, 0.05) is 12.8 Å². The number of hydrogen-bond acceptors (Lipinski definition) is 5. The molecule has 0 aliphatic carbocycles. The molecule has 0 aromatic carbocycles. The Hall–Kier alpha value is -1.59. The van der Waals surface area contributed by atoms with Gasteiger partial charge >= 0.3 is 18.1 Å². The van der Waals surface area contributed by atoms with Crippen LogP contribution in [0, 0.1) is 0 Å². The molecule has 0 bridgehead atoms. The maximum absolute atomic E-state index is 10.8. The second-order valence-electron chi connectivity index (χ2n) is 2.53. The zero-order valence-electron chi connectivity index (χ0n) is 7.82. The lowest BCUT2D eigenvalue weighted by atomic mass is 10.2. The Morgan fingerprint density at radius 1 is 1.14 bits per heavy atom. The van der Waals surface area contributed by atoms with Gasteiger partial charge in [-0.25, -0.2) is 4.79 Å². The van der Waals surface area contributed by atoms with Crippen LogP contribution >= 0.6 is 0 Å². The summed E-state index contributed by atoms with van der Waals surface area (Å²) < 4.78 is 8.25. The number of unbranched alkanes of at least 4 members (excludes halogenated alkanes) is 1. The van der Waals surface area contributed by atoms with Crippen LogP contribution in [0.3, 0.4) is 0 Å². The summed E-state index contributed by atoms with van der Waals surface area (Å²) in [6.07, 6.45) is -0.269. The summed E-state index contributed by atoms with van der Waals surface area (Å²) in [7, 11) is 1.10. The van der Waals surface area contributed by atoms with Crippen LogP contribution in [-0.4, -0.2) is 30.3 Å². The summed E-state index contributed by atoms with van der Waals surface area (Å²) in [6, 6.07) is 0. The quantitative estimate of drug-likeness (QED) is 0.407. The molecule has 0 heterocycles. The van der Waals surface area contributed by atoms with Crippen molar-refractivity contribution in [1.29, 1.82) is 0 Å². The normalized spacial score (nSPS) is 9.21. The smallest absolute Gasteiger partial charge is 0.481 e. The number of aliphatic carboxylic acids is 1. The monoisotopic (exact) mass is 204 g/mol. The van der Waals surface area contributed by atoms with Crippen LogP contribution < -0.4 is 0 Å². The summed E-state index contributed by atoms with van der Waals surface area (Å²) in [5.41, 5.74) is 0.